The molecule has 0 aliphatic carbocycles. The van der Waals surface area contributed by atoms with Crippen LogP contribution in [-0.4, -0.2) is 41.0 Å². The Kier molecular flexibility index (Phi) is 4.06. The first-order valence-corrected chi connectivity index (χ1v) is 8.35. The zero-order valence-electron chi connectivity index (χ0n) is 13.2. The summed E-state index contributed by atoms with van der Waals surface area (Å²) < 4.78 is 5.70. The van der Waals surface area contributed by atoms with Crippen LogP contribution in [0.4, 0.5) is 0 Å². The third-order valence-corrected chi connectivity index (χ3v) is 4.73. The summed E-state index contributed by atoms with van der Waals surface area (Å²) in [4.78, 5) is 19.9. The van der Waals surface area contributed by atoms with E-state index in [0.717, 1.165) is 36.0 Å². The Hall–Kier alpha value is -1.66. The molecule has 118 valence electrons. The molecule has 1 fully saturated rings. The van der Waals surface area contributed by atoms with Gasteiger partial charge in [-0.1, -0.05) is 6.07 Å². The Morgan fingerprint density at radius 3 is 3.05 bits per heavy atom. The standard InChI is InChI=1S/C16H21N3O2S/c1-11-12(18-15(21-11)13-5-4-8-22-13)9-14(20)19-7-6-17-16(2,3)10-19/h4-5,8,17H,6-7,9-10H2,1-3H3. The van der Waals surface area contributed by atoms with Crippen molar-refractivity contribution in [2.75, 3.05) is 19.6 Å². The fourth-order valence-electron chi connectivity index (χ4n) is 2.71. The molecule has 0 bridgehead atoms. The summed E-state index contributed by atoms with van der Waals surface area (Å²) in [5, 5.41) is 5.40. The Morgan fingerprint density at radius 2 is 2.36 bits per heavy atom. The van der Waals surface area contributed by atoms with Crippen molar-refractivity contribution in [1.29, 1.82) is 0 Å². The van der Waals surface area contributed by atoms with Crippen molar-refractivity contribution >= 4 is 17.2 Å². The average molecular weight is 319 g/mol. The minimum atomic E-state index is -0.0328. The number of aryl methyl sites for hydroxylation is 1. The second-order valence-corrected chi connectivity index (χ2v) is 7.25. The molecule has 0 aromatic carbocycles. The van der Waals surface area contributed by atoms with Gasteiger partial charge in [-0.25, -0.2) is 4.98 Å². The topological polar surface area (TPSA) is 58.4 Å². The van der Waals surface area contributed by atoms with Gasteiger partial charge in [-0.3, -0.25) is 4.79 Å². The maximum Gasteiger partial charge on any atom is 0.236 e. The van der Waals surface area contributed by atoms with Crippen molar-refractivity contribution < 1.29 is 9.21 Å². The van der Waals surface area contributed by atoms with Crippen LogP contribution in [0.25, 0.3) is 10.8 Å². The fraction of sp³-hybridized carbons (Fsp3) is 0.500. The molecule has 6 heteroatoms. The Bertz CT molecular complexity index is 661. The number of piperazine rings is 1. The van der Waals surface area contributed by atoms with Crippen LogP contribution in [0.1, 0.15) is 25.3 Å². The Balaban J connectivity index is 1.72. The molecule has 1 saturated heterocycles. The van der Waals surface area contributed by atoms with Crippen molar-refractivity contribution in [2.45, 2.75) is 32.7 Å². The number of rotatable bonds is 3. The Labute approximate surface area is 134 Å². The lowest BCUT2D eigenvalue weighted by atomic mass is 10.0. The van der Waals surface area contributed by atoms with Crippen LogP contribution in [-0.2, 0) is 11.2 Å². The van der Waals surface area contributed by atoms with Crippen LogP contribution in [0.3, 0.4) is 0 Å². The highest BCUT2D eigenvalue weighted by Crippen LogP contribution is 2.26. The molecule has 0 radical (unpaired) electrons. The number of aromatic nitrogens is 1. The zero-order chi connectivity index (χ0) is 15.7. The highest BCUT2D eigenvalue weighted by molar-refractivity contribution is 7.13. The predicted molar refractivity (Wildman–Crippen MR) is 86.9 cm³/mol. The summed E-state index contributed by atoms with van der Waals surface area (Å²) in [5.74, 6) is 1.45. The van der Waals surface area contributed by atoms with Crippen molar-refractivity contribution in [3.05, 3.63) is 29.0 Å². The van der Waals surface area contributed by atoms with Crippen molar-refractivity contribution in [3.63, 3.8) is 0 Å². The van der Waals surface area contributed by atoms with E-state index < -0.39 is 0 Å². The molecule has 1 aliphatic heterocycles. The van der Waals surface area contributed by atoms with E-state index in [4.69, 9.17) is 4.42 Å². The molecular formula is C16H21N3O2S. The maximum absolute atomic E-state index is 12.5. The summed E-state index contributed by atoms with van der Waals surface area (Å²) in [6, 6.07) is 3.94. The molecule has 1 aliphatic rings. The lowest BCUT2D eigenvalue weighted by molar-refractivity contribution is -0.132. The highest BCUT2D eigenvalue weighted by atomic mass is 32.1. The number of nitrogens with one attached hydrogen (secondary N) is 1. The molecule has 3 rings (SSSR count). The number of carbonyl (C=O) groups excluding carboxylic acids is 1. The highest BCUT2D eigenvalue weighted by Gasteiger charge is 2.29. The van der Waals surface area contributed by atoms with Gasteiger partial charge in [-0.15, -0.1) is 11.3 Å². The van der Waals surface area contributed by atoms with E-state index in [0.29, 0.717) is 12.3 Å². The van der Waals surface area contributed by atoms with Crippen LogP contribution in [0.2, 0.25) is 0 Å². The summed E-state index contributed by atoms with van der Waals surface area (Å²) in [7, 11) is 0. The van der Waals surface area contributed by atoms with Crippen LogP contribution in [0, 0.1) is 6.92 Å². The molecule has 0 spiro atoms. The van der Waals surface area contributed by atoms with E-state index in [9.17, 15) is 4.79 Å². The summed E-state index contributed by atoms with van der Waals surface area (Å²) >= 11 is 1.58. The number of amides is 1. The Morgan fingerprint density at radius 1 is 1.55 bits per heavy atom. The van der Waals surface area contributed by atoms with E-state index in [1.54, 1.807) is 11.3 Å². The number of hydrogen-bond donors (Lipinski definition) is 1. The SMILES string of the molecule is Cc1oc(-c2cccs2)nc1CC(=O)N1CCNC(C)(C)C1. The van der Waals surface area contributed by atoms with Gasteiger partial charge in [0.05, 0.1) is 17.0 Å². The lowest BCUT2D eigenvalue weighted by Crippen LogP contribution is -2.58. The normalized spacial score (nSPS) is 17.7. The van der Waals surface area contributed by atoms with Crippen molar-refractivity contribution in [1.82, 2.24) is 15.2 Å². The molecule has 0 saturated carbocycles. The van der Waals surface area contributed by atoms with E-state index in [1.807, 2.05) is 29.3 Å². The molecule has 0 unspecified atom stereocenters. The second kappa shape index (κ2) is 5.85. The first-order chi connectivity index (χ1) is 10.4. The van der Waals surface area contributed by atoms with Crippen LogP contribution in [0.15, 0.2) is 21.9 Å². The van der Waals surface area contributed by atoms with E-state index in [1.165, 1.54) is 0 Å². The minimum absolute atomic E-state index is 0.0328. The van der Waals surface area contributed by atoms with Gasteiger partial charge in [0.25, 0.3) is 0 Å². The van der Waals surface area contributed by atoms with Gasteiger partial charge in [0.15, 0.2) is 0 Å². The molecule has 1 amide bonds. The maximum atomic E-state index is 12.5. The molecular weight excluding hydrogens is 298 g/mol. The van der Waals surface area contributed by atoms with Gasteiger partial charge in [0, 0.05) is 25.2 Å². The summed E-state index contributed by atoms with van der Waals surface area (Å²) in [6.07, 6.45) is 0.302. The monoisotopic (exact) mass is 319 g/mol. The summed E-state index contributed by atoms with van der Waals surface area (Å²) in [6.45, 7) is 8.40. The first kappa shape index (κ1) is 15.2. The van der Waals surface area contributed by atoms with Gasteiger partial charge < -0.3 is 14.6 Å². The van der Waals surface area contributed by atoms with Gasteiger partial charge in [-0.2, -0.15) is 0 Å². The fourth-order valence-corrected chi connectivity index (χ4v) is 3.36. The predicted octanol–water partition coefficient (Wildman–Crippen LogP) is 2.46. The quantitative estimate of drug-likeness (QED) is 0.944. The molecule has 1 N–H and O–H groups in total. The lowest BCUT2D eigenvalue weighted by Gasteiger charge is -2.39. The number of oxazole rings is 1. The van der Waals surface area contributed by atoms with E-state index in [-0.39, 0.29) is 11.4 Å². The third kappa shape index (κ3) is 3.23. The van der Waals surface area contributed by atoms with Gasteiger partial charge in [0.2, 0.25) is 11.8 Å². The van der Waals surface area contributed by atoms with E-state index in [2.05, 4.69) is 24.1 Å². The number of thiophene rings is 1. The van der Waals surface area contributed by atoms with Crippen LogP contribution >= 0.6 is 11.3 Å². The van der Waals surface area contributed by atoms with Crippen molar-refractivity contribution in [2.24, 2.45) is 0 Å². The number of hydrogen-bond acceptors (Lipinski definition) is 5. The molecule has 22 heavy (non-hydrogen) atoms. The molecule has 2 aromatic rings. The van der Waals surface area contributed by atoms with Crippen LogP contribution < -0.4 is 5.32 Å². The number of nitrogens with zero attached hydrogens (tertiary/aromatic N) is 2. The average Bonchev–Trinajstić information content (AvgIpc) is 3.08. The molecule has 3 heterocycles. The third-order valence-electron chi connectivity index (χ3n) is 3.87. The minimum Gasteiger partial charge on any atom is -0.440 e. The zero-order valence-corrected chi connectivity index (χ0v) is 14.0. The second-order valence-electron chi connectivity index (χ2n) is 6.30. The van der Waals surface area contributed by atoms with Crippen LogP contribution in [0.5, 0.6) is 0 Å². The first-order valence-electron chi connectivity index (χ1n) is 7.48. The van der Waals surface area contributed by atoms with E-state index >= 15 is 0 Å². The molecule has 2 aromatic heterocycles. The number of carbonyl (C=O) groups is 1. The van der Waals surface area contributed by atoms with Gasteiger partial charge in [-0.05, 0) is 32.2 Å². The van der Waals surface area contributed by atoms with Crippen molar-refractivity contribution in [3.8, 4) is 10.8 Å². The van der Waals surface area contributed by atoms with Gasteiger partial charge in [0.1, 0.15) is 5.76 Å². The smallest absolute Gasteiger partial charge is 0.236 e. The van der Waals surface area contributed by atoms with Gasteiger partial charge >= 0.3 is 0 Å². The largest absolute Gasteiger partial charge is 0.440 e. The summed E-state index contributed by atoms with van der Waals surface area (Å²) in [5.41, 5.74) is 0.708. The molecule has 5 nitrogen and oxygen atoms in total. The molecule has 0 atom stereocenters.